The van der Waals surface area contributed by atoms with Gasteiger partial charge in [-0.3, -0.25) is 0 Å². The van der Waals surface area contributed by atoms with Crippen molar-refractivity contribution in [3.8, 4) is 0 Å². The molecule has 0 aromatic heterocycles. The number of aromatic carboxylic acids is 1. The number of anilines is 1. The van der Waals surface area contributed by atoms with Crippen molar-refractivity contribution in [3.05, 3.63) is 29.3 Å². The zero-order valence-electron chi connectivity index (χ0n) is 10.9. The lowest BCUT2D eigenvalue weighted by Crippen LogP contribution is -2.16. The van der Waals surface area contributed by atoms with E-state index >= 15 is 0 Å². The van der Waals surface area contributed by atoms with Gasteiger partial charge in [-0.1, -0.05) is 19.4 Å². The van der Waals surface area contributed by atoms with Gasteiger partial charge in [0.05, 0.1) is 5.56 Å². The molecule has 18 heavy (non-hydrogen) atoms. The zero-order chi connectivity index (χ0) is 13.5. The SMILES string of the molecule is CCC(CCO)CNc1cc(C)ccc1C(=O)O. The Bertz CT molecular complexity index is 404. The van der Waals surface area contributed by atoms with Crippen molar-refractivity contribution in [3.63, 3.8) is 0 Å². The molecule has 100 valence electrons. The molecule has 0 fully saturated rings. The van der Waals surface area contributed by atoms with Gasteiger partial charge in [0.1, 0.15) is 0 Å². The average molecular weight is 251 g/mol. The summed E-state index contributed by atoms with van der Waals surface area (Å²) in [5.41, 5.74) is 1.97. The molecule has 0 aliphatic carbocycles. The first-order valence-electron chi connectivity index (χ1n) is 6.27. The molecule has 0 saturated carbocycles. The molecule has 1 aromatic carbocycles. The van der Waals surface area contributed by atoms with Crippen molar-refractivity contribution in [1.82, 2.24) is 0 Å². The minimum Gasteiger partial charge on any atom is -0.478 e. The maximum Gasteiger partial charge on any atom is 0.337 e. The van der Waals surface area contributed by atoms with E-state index < -0.39 is 5.97 Å². The summed E-state index contributed by atoms with van der Waals surface area (Å²) >= 11 is 0. The third kappa shape index (κ3) is 4.04. The van der Waals surface area contributed by atoms with Gasteiger partial charge in [0, 0.05) is 18.8 Å². The van der Waals surface area contributed by atoms with Crippen molar-refractivity contribution < 1.29 is 15.0 Å². The number of carboxylic acid groups (broad SMARTS) is 1. The Morgan fingerprint density at radius 3 is 2.72 bits per heavy atom. The summed E-state index contributed by atoms with van der Waals surface area (Å²) in [6.45, 7) is 4.85. The van der Waals surface area contributed by atoms with Gasteiger partial charge in [-0.2, -0.15) is 0 Å². The molecule has 0 spiro atoms. The van der Waals surface area contributed by atoms with Gasteiger partial charge in [0.25, 0.3) is 0 Å². The lowest BCUT2D eigenvalue weighted by molar-refractivity contribution is 0.0698. The molecule has 1 unspecified atom stereocenters. The summed E-state index contributed by atoms with van der Waals surface area (Å²) in [7, 11) is 0. The molecular formula is C14H21NO3. The maximum atomic E-state index is 11.1. The van der Waals surface area contributed by atoms with Gasteiger partial charge in [-0.25, -0.2) is 4.79 Å². The molecule has 0 radical (unpaired) electrons. The minimum atomic E-state index is -0.923. The molecular weight excluding hydrogens is 230 g/mol. The Balaban J connectivity index is 2.76. The van der Waals surface area contributed by atoms with E-state index in [-0.39, 0.29) is 6.61 Å². The van der Waals surface area contributed by atoms with Crippen LogP contribution in [0, 0.1) is 12.8 Å². The molecule has 1 aromatic rings. The summed E-state index contributed by atoms with van der Waals surface area (Å²) in [6.07, 6.45) is 1.69. The molecule has 1 rings (SSSR count). The molecule has 0 saturated heterocycles. The zero-order valence-corrected chi connectivity index (χ0v) is 10.9. The van der Waals surface area contributed by atoms with E-state index in [2.05, 4.69) is 12.2 Å². The highest BCUT2D eigenvalue weighted by Crippen LogP contribution is 2.19. The monoisotopic (exact) mass is 251 g/mol. The molecule has 3 N–H and O–H groups in total. The highest BCUT2D eigenvalue weighted by Gasteiger charge is 2.11. The van der Waals surface area contributed by atoms with Gasteiger partial charge in [0.15, 0.2) is 0 Å². The predicted molar refractivity (Wildman–Crippen MR) is 72.1 cm³/mol. The quantitative estimate of drug-likeness (QED) is 0.696. The first-order valence-corrected chi connectivity index (χ1v) is 6.27. The third-order valence-electron chi connectivity index (χ3n) is 3.10. The lowest BCUT2D eigenvalue weighted by Gasteiger charge is -2.17. The van der Waals surface area contributed by atoms with E-state index in [9.17, 15) is 4.79 Å². The molecule has 0 amide bonds. The van der Waals surface area contributed by atoms with Gasteiger partial charge in [0.2, 0.25) is 0 Å². The molecule has 4 heteroatoms. The van der Waals surface area contributed by atoms with Gasteiger partial charge in [-0.15, -0.1) is 0 Å². The smallest absolute Gasteiger partial charge is 0.337 e. The Kier molecular flexibility index (Phi) is 5.65. The predicted octanol–water partition coefficient (Wildman–Crippen LogP) is 2.51. The van der Waals surface area contributed by atoms with Crippen LogP contribution < -0.4 is 5.32 Å². The summed E-state index contributed by atoms with van der Waals surface area (Å²) in [4.78, 5) is 11.1. The highest BCUT2D eigenvalue weighted by molar-refractivity contribution is 5.94. The number of hydrogen-bond donors (Lipinski definition) is 3. The average Bonchev–Trinajstić information content (AvgIpc) is 2.34. The van der Waals surface area contributed by atoms with Gasteiger partial charge in [-0.05, 0) is 37.0 Å². The number of benzene rings is 1. The fourth-order valence-electron chi connectivity index (χ4n) is 1.88. The third-order valence-corrected chi connectivity index (χ3v) is 3.10. The Hall–Kier alpha value is -1.55. The molecule has 0 aliphatic heterocycles. The standard InChI is InChI=1S/C14H21NO3/c1-3-11(6-7-16)9-15-13-8-10(2)4-5-12(13)14(17)18/h4-5,8,11,15-16H,3,6-7,9H2,1-2H3,(H,17,18). The number of carboxylic acids is 1. The maximum absolute atomic E-state index is 11.1. The van der Waals surface area contributed by atoms with Crippen LogP contribution in [-0.4, -0.2) is 29.3 Å². The van der Waals surface area contributed by atoms with E-state index in [4.69, 9.17) is 10.2 Å². The van der Waals surface area contributed by atoms with E-state index in [1.54, 1.807) is 12.1 Å². The number of nitrogens with one attached hydrogen (secondary N) is 1. The van der Waals surface area contributed by atoms with Crippen molar-refractivity contribution >= 4 is 11.7 Å². The number of hydrogen-bond acceptors (Lipinski definition) is 3. The van der Waals surface area contributed by atoms with Crippen LogP contribution in [0.5, 0.6) is 0 Å². The normalized spacial score (nSPS) is 12.2. The lowest BCUT2D eigenvalue weighted by atomic mass is 10.0. The number of aryl methyl sites for hydroxylation is 1. The Morgan fingerprint density at radius 1 is 1.44 bits per heavy atom. The number of carbonyl (C=O) groups is 1. The van der Waals surface area contributed by atoms with E-state index in [0.29, 0.717) is 23.7 Å². The van der Waals surface area contributed by atoms with E-state index in [1.165, 1.54) is 0 Å². The Morgan fingerprint density at radius 2 is 2.17 bits per heavy atom. The topological polar surface area (TPSA) is 69.6 Å². The van der Waals surface area contributed by atoms with Crippen LogP contribution >= 0.6 is 0 Å². The second-order valence-electron chi connectivity index (χ2n) is 4.52. The van der Waals surface area contributed by atoms with Crippen molar-refractivity contribution in [2.75, 3.05) is 18.5 Å². The largest absolute Gasteiger partial charge is 0.478 e. The summed E-state index contributed by atoms with van der Waals surface area (Å²) in [6, 6.07) is 5.25. The fourth-order valence-corrected chi connectivity index (χ4v) is 1.88. The second kappa shape index (κ2) is 7.01. The van der Waals surface area contributed by atoms with Crippen LogP contribution in [-0.2, 0) is 0 Å². The number of rotatable bonds is 7. The molecule has 4 nitrogen and oxygen atoms in total. The molecule has 0 aliphatic rings. The van der Waals surface area contributed by atoms with Crippen LogP contribution in [0.3, 0.4) is 0 Å². The first-order chi connectivity index (χ1) is 8.58. The van der Waals surface area contributed by atoms with E-state index in [1.807, 2.05) is 13.0 Å². The van der Waals surface area contributed by atoms with Crippen LogP contribution in [0.15, 0.2) is 18.2 Å². The second-order valence-corrected chi connectivity index (χ2v) is 4.52. The van der Waals surface area contributed by atoms with Crippen molar-refractivity contribution in [2.45, 2.75) is 26.7 Å². The summed E-state index contributed by atoms with van der Waals surface area (Å²) in [5, 5.41) is 21.2. The molecule has 0 bridgehead atoms. The fraction of sp³-hybridized carbons (Fsp3) is 0.500. The van der Waals surface area contributed by atoms with Crippen LogP contribution in [0.1, 0.15) is 35.7 Å². The molecule has 1 atom stereocenters. The van der Waals surface area contributed by atoms with Crippen molar-refractivity contribution in [2.24, 2.45) is 5.92 Å². The summed E-state index contributed by atoms with van der Waals surface area (Å²) < 4.78 is 0. The molecule has 0 heterocycles. The van der Waals surface area contributed by atoms with E-state index in [0.717, 1.165) is 18.4 Å². The number of aliphatic hydroxyl groups excluding tert-OH is 1. The Labute approximate surface area is 108 Å². The summed E-state index contributed by atoms with van der Waals surface area (Å²) in [5.74, 6) is -0.565. The first kappa shape index (κ1) is 14.5. The van der Waals surface area contributed by atoms with Crippen LogP contribution in [0.25, 0.3) is 0 Å². The van der Waals surface area contributed by atoms with Crippen LogP contribution in [0.4, 0.5) is 5.69 Å². The number of aliphatic hydroxyl groups is 1. The van der Waals surface area contributed by atoms with Crippen molar-refractivity contribution in [1.29, 1.82) is 0 Å². The van der Waals surface area contributed by atoms with Crippen LogP contribution in [0.2, 0.25) is 0 Å². The van der Waals surface area contributed by atoms with Gasteiger partial charge >= 0.3 is 5.97 Å². The highest BCUT2D eigenvalue weighted by atomic mass is 16.4. The minimum absolute atomic E-state index is 0.166. The van der Waals surface area contributed by atoms with Gasteiger partial charge < -0.3 is 15.5 Å².